The summed E-state index contributed by atoms with van der Waals surface area (Å²) in [5.41, 5.74) is 1.53. The van der Waals surface area contributed by atoms with Gasteiger partial charge in [-0.2, -0.15) is 0 Å². The van der Waals surface area contributed by atoms with Crippen LogP contribution in [0.1, 0.15) is 24.2 Å². The lowest BCUT2D eigenvalue weighted by Gasteiger charge is -2.20. The molecule has 25 heavy (non-hydrogen) atoms. The molecule has 1 aromatic carbocycles. The Labute approximate surface area is 146 Å². The number of phenols is 1. The van der Waals surface area contributed by atoms with E-state index in [9.17, 15) is 14.7 Å². The predicted octanol–water partition coefficient (Wildman–Crippen LogP) is 1.98. The molecule has 1 aliphatic rings. The zero-order valence-corrected chi connectivity index (χ0v) is 14.7. The molecule has 7 nitrogen and oxygen atoms in total. The van der Waals surface area contributed by atoms with Gasteiger partial charge < -0.3 is 20.1 Å². The molecule has 2 heterocycles. The van der Waals surface area contributed by atoms with Crippen LogP contribution in [-0.2, 0) is 11.2 Å². The van der Waals surface area contributed by atoms with Crippen LogP contribution in [0.25, 0.3) is 10.9 Å². The molecule has 1 amide bonds. The Bertz CT molecular complexity index is 812. The van der Waals surface area contributed by atoms with Crippen molar-refractivity contribution in [1.82, 2.24) is 14.8 Å². The van der Waals surface area contributed by atoms with E-state index < -0.39 is 12.1 Å². The van der Waals surface area contributed by atoms with Gasteiger partial charge in [-0.15, -0.1) is 0 Å². The molecule has 7 heteroatoms. The van der Waals surface area contributed by atoms with E-state index >= 15 is 0 Å². The normalized spacial score (nSPS) is 17.3. The Morgan fingerprint density at radius 3 is 2.88 bits per heavy atom. The van der Waals surface area contributed by atoms with Gasteiger partial charge in [-0.3, -0.25) is 9.36 Å². The molecule has 1 aliphatic heterocycles. The Hall–Kier alpha value is -2.54. The lowest BCUT2D eigenvalue weighted by molar-refractivity contribution is 0.0866. The van der Waals surface area contributed by atoms with E-state index in [-0.39, 0.29) is 18.3 Å². The number of phenolic OH excluding ortho intramolecular Hbond substituents is 1. The van der Waals surface area contributed by atoms with Crippen LogP contribution in [0.2, 0.25) is 0 Å². The number of hydrogen-bond donors (Lipinski definition) is 2. The molecule has 1 aromatic heterocycles. The quantitative estimate of drug-likeness (QED) is 0.866. The fourth-order valence-corrected chi connectivity index (χ4v) is 2.96. The summed E-state index contributed by atoms with van der Waals surface area (Å²) in [6.45, 7) is 5.06. The molecule has 2 N–H and O–H groups in total. The first kappa shape index (κ1) is 17.3. The maximum Gasteiger partial charge on any atom is 0.407 e. The molecular formula is C18H23N3O4. The topological polar surface area (TPSA) is 83.8 Å². The number of aromatic hydroxyl groups is 1. The van der Waals surface area contributed by atoms with E-state index in [2.05, 4.69) is 24.1 Å². The molecule has 1 saturated heterocycles. The Balaban J connectivity index is 1.95. The van der Waals surface area contributed by atoms with Crippen molar-refractivity contribution in [3.05, 3.63) is 30.0 Å². The fraction of sp³-hybridized carbons (Fsp3) is 0.444. The Morgan fingerprint density at radius 2 is 2.24 bits per heavy atom. The number of carbonyl (C=O) groups is 2. The number of benzene rings is 1. The zero-order chi connectivity index (χ0) is 18.1. The summed E-state index contributed by atoms with van der Waals surface area (Å²) in [7, 11) is 2.04. The van der Waals surface area contributed by atoms with E-state index in [0.29, 0.717) is 23.4 Å². The van der Waals surface area contributed by atoms with Crippen LogP contribution < -0.4 is 5.32 Å². The molecular weight excluding hydrogens is 322 g/mol. The average Bonchev–Trinajstić information content (AvgIpc) is 3.16. The molecule has 1 unspecified atom stereocenters. The molecule has 2 aromatic rings. The molecule has 0 bridgehead atoms. The predicted molar refractivity (Wildman–Crippen MR) is 94.0 cm³/mol. The van der Waals surface area contributed by atoms with Crippen LogP contribution in [-0.4, -0.2) is 58.9 Å². The molecule has 1 atom stereocenters. The third-order valence-electron chi connectivity index (χ3n) is 4.71. The number of nitrogens with zero attached hydrogens (tertiary/aromatic N) is 2. The minimum Gasteiger partial charge on any atom is -0.507 e. The first-order valence-electron chi connectivity index (χ1n) is 8.38. The number of hydrogen-bond acceptors (Lipinski definition) is 5. The molecule has 0 aliphatic carbocycles. The third-order valence-corrected chi connectivity index (χ3v) is 4.71. The average molecular weight is 345 g/mol. The smallest absolute Gasteiger partial charge is 0.407 e. The first-order valence-corrected chi connectivity index (χ1v) is 8.38. The number of amides is 1. The van der Waals surface area contributed by atoms with Crippen molar-refractivity contribution in [3.8, 4) is 5.75 Å². The van der Waals surface area contributed by atoms with Gasteiger partial charge in [-0.05, 0) is 45.0 Å². The minimum absolute atomic E-state index is 0.0155. The highest BCUT2D eigenvalue weighted by Crippen LogP contribution is 2.30. The number of ether oxygens (including phenoxy) is 1. The number of fused-ring (bicyclic) bond motifs is 1. The first-order chi connectivity index (χ1) is 11.9. The largest absolute Gasteiger partial charge is 0.507 e. The Morgan fingerprint density at radius 1 is 1.48 bits per heavy atom. The fourth-order valence-electron chi connectivity index (χ4n) is 2.96. The number of carbonyl (C=O) groups excluding carboxylic acids is 2. The van der Waals surface area contributed by atoms with Gasteiger partial charge in [0.1, 0.15) is 18.4 Å². The van der Waals surface area contributed by atoms with Crippen LogP contribution >= 0.6 is 0 Å². The second-order valence-electron chi connectivity index (χ2n) is 6.65. The van der Waals surface area contributed by atoms with E-state index in [4.69, 9.17) is 4.74 Å². The van der Waals surface area contributed by atoms with E-state index in [1.807, 2.05) is 7.05 Å². The van der Waals surface area contributed by atoms with Crippen LogP contribution in [0, 0.1) is 0 Å². The van der Waals surface area contributed by atoms with Gasteiger partial charge in [-0.25, -0.2) is 4.79 Å². The van der Waals surface area contributed by atoms with Crippen LogP contribution in [0.15, 0.2) is 24.4 Å². The number of rotatable bonds is 5. The van der Waals surface area contributed by atoms with E-state index in [0.717, 1.165) is 12.1 Å². The van der Waals surface area contributed by atoms with Gasteiger partial charge in [0.2, 0.25) is 0 Å². The number of likely N-dealkylation sites (N-methyl/N-ethyl adjacent to an activating group) is 1. The van der Waals surface area contributed by atoms with Crippen molar-refractivity contribution in [2.75, 3.05) is 20.2 Å². The standard InChI is InChI=1S/C18H23N3O4/c1-11(2)20(3)8-7-12-9-21(14-5-4-6-15(22)16(12)14)17(23)13-10-25-18(24)19-13/h4-6,9,11,13,22H,7-8,10H2,1-3H3,(H,19,24). The SMILES string of the molecule is CC(C)N(C)CCc1cn(C(=O)C2COC(=O)N2)c2cccc(O)c12. The third kappa shape index (κ3) is 3.32. The van der Waals surface area contributed by atoms with Gasteiger partial charge in [0.15, 0.2) is 0 Å². The second kappa shape index (κ2) is 6.76. The van der Waals surface area contributed by atoms with Gasteiger partial charge in [0, 0.05) is 24.2 Å². The molecule has 0 spiro atoms. The van der Waals surface area contributed by atoms with Crippen LogP contribution in [0.4, 0.5) is 4.79 Å². The van der Waals surface area contributed by atoms with Crippen LogP contribution in [0.3, 0.4) is 0 Å². The molecule has 3 rings (SSSR count). The summed E-state index contributed by atoms with van der Waals surface area (Å²) in [5.74, 6) is -0.122. The van der Waals surface area contributed by atoms with Gasteiger partial charge in [-0.1, -0.05) is 6.07 Å². The monoisotopic (exact) mass is 345 g/mol. The summed E-state index contributed by atoms with van der Waals surface area (Å²) in [6.07, 6.45) is 1.87. The maximum absolute atomic E-state index is 12.8. The van der Waals surface area contributed by atoms with Gasteiger partial charge >= 0.3 is 6.09 Å². The van der Waals surface area contributed by atoms with Crippen molar-refractivity contribution in [2.24, 2.45) is 0 Å². The highest BCUT2D eigenvalue weighted by molar-refractivity contribution is 6.00. The lowest BCUT2D eigenvalue weighted by atomic mass is 10.1. The number of aromatic nitrogens is 1. The summed E-state index contributed by atoms with van der Waals surface area (Å²) >= 11 is 0. The second-order valence-corrected chi connectivity index (χ2v) is 6.65. The van der Waals surface area contributed by atoms with Gasteiger partial charge in [0.05, 0.1) is 5.52 Å². The molecule has 1 fully saturated rings. The van der Waals surface area contributed by atoms with Gasteiger partial charge in [0.25, 0.3) is 5.91 Å². The number of alkyl carbamates (subject to hydrolysis) is 1. The zero-order valence-electron chi connectivity index (χ0n) is 14.7. The minimum atomic E-state index is -0.711. The van der Waals surface area contributed by atoms with E-state index in [1.54, 1.807) is 24.4 Å². The Kier molecular flexibility index (Phi) is 4.67. The van der Waals surface area contributed by atoms with E-state index in [1.165, 1.54) is 4.57 Å². The van der Waals surface area contributed by atoms with Crippen molar-refractivity contribution in [2.45, 2.75) is 32.4 Å². The summed E-state index contributed by atoms with van der Waals surface area (Å²) < 4.78 is 6.32. The highest BCUT2D eigenvalue weighted by Gasteiger charge is 2.31. The summed E-state index contributed by atoms with van der Waals surface area (Å²) in [6, 6.07) is 4.81. The molecule has 0 saturated carbocycles. The molecule has 0 radical (unpaired) electrons. The lowest BCUT2D eigenvalue weighted by Crippen LogP contribution is -2.37. The van der Waals surface area contributed by atoms with Crippen molar-refractivity contribution >= 4 is 22.9 Å². The number of cyclic esters (lactones) is 1. The van der Waals surface area contributed by atoms with Crippen molar-refractivity contribution in [3.63, 3.8) is 0 Å². The van der Waals surface area contributed by atoms with Crippen molar-refractivity contribution in [1.29, 1.82) is 0 Å². The molecule has 134 valence electrons. The number of nitrogens with one attached hydrogen (secondary N) is 1. The summed E-state index contributed by atoms with van der Waals surface area (Å²) in [5, 5.41) is 13.5. The highest BCUT2D eigenvalue weighted by atomic mass is 16.6. The summed E-state index contributed by atoms with van der Waals surface area (Å²) in [4.78, 5) is 26.2. The van der Waals surface area contributed by atoms with Crippen molar-refractivity contribution < 1.29 is 19.4 Å². The van der Waals surface area contributed by atoms with Crippen LogP contribution in [0.5, 0.6) is 5.75 Å². The maximum atomic E-state index is 12.8.